The van der Waals surface area contributed by atoms with Gasteiger partial charge in [0.05, 0.1) is 12.7 Å². The highest BCUT2D eigenvalue weighted by molar-refractivity contribution is 5.78. The zero-order valence-electron chi connectivity index (χ0n) is 10.6. The number of likely N-dealkylation sites (N-methyl/N-ethyl adjacent to an activating group) is 1. The van der Waals surface area contributed by atoms with Gasteiger partial charge in [0, 0.05) is 19.1 Å². The molecule has 0 radical (unpaired) electrons. The van der Waals surface area contributed by atoms with Crippen LogP contribution in [0.4, 0.5) is 0 Å². The Kier molecular flexibility index (Phi) is 3.70. The number of aliphatic carboxylic acids is 1. The predicted octanol–water partition coefficient (Wildman–Crippen LogP) is 0.302. The second kappa shape index (κ2) is 4.92. The Morgan fingerprint density at radius 1 is 1.59 bits per heavy atom. The van der Waals surface area contributed by atoms with Crippen molar-refractivity contribution in [3.05, 3.63) is 0 Å². The Morgan fingerprint density at radius 2 is 2.35 bits per heavy atom. The summed E-state index contributed by atoms with van der Waals surface area (Å²) in [4.78, 5) is 13.6. The number of carboxylic acids is 1. The minimum atomic E-state index is -0.871. The van der Waals surface area contributed by atoms with Crippen molar-refractivity contribution >= 4 is 5.97 Å². The predicted molar refractivity (Wildman–Crippen MR) is 64.1 cm³/mol. The Labute approximate surface area is 102 Å². The van der Waals surface area contributed by atoms with Crippen molar-refractivity contribution in [2.24, 2.45) is 0 Å². The molecule has 1 saturated carbocycles. The molecule has 98 valence electrons. The molecule has 3 unspecified atom stereocenters. The molecule has 0 aromatic heterocycles. The Hall–Kier alpha value is -0.650. The summed E-state index contributed by atoms with van der Waals surface area (Å²) in [7, 11) is 1.71. The van der Waals surface area contributed by atoms with Crippen LogP contribution in [0.25, 0.3) is 0 Å². The molecule has 1 aliphatic carbocycles. The summed E-state index contributed by atoms with van der Waals surface area (Å²) in [6.07, 6.45) is 3.75. The van der Waals surface area contributed by atoms with E-state index in [1.807, 2.05) is 0 Å². The van der Waals surface area contributed by atoms with Crippen molar-refractivity contribution in [1.29, 1.82) is 0 Å². The summed E-state index contributed by atoms with van der Waals surface area (Å²) in [5.41, 5.74) is -0.871. The summed E-state index contributed by atoms with van der Waals surface area (Å²) in [5.74, 6) is -0.791. The zero-order valence-corrected chi connectivity index (χ0v) is 10.6. The second-order valence-corrected chi connectivity index (χ2v) is 5.27. The zero-order chi connectivity index (χ0) is 12.5. The maximum Gasteiger partial charge on any atom is 0.324 e. The minimum absolute atomic E-state index is 0.318. The van der Waals surface area contributed by atoms with Gasteiger partial charge >= 0.3 is 5.97 Å². The number of rotatable bonds is 4. The van der Waals surface area contributed by atoms with E-state index in [1.165, 1.54) is 6.42 Å². The maximum atomic E-state index is 11.3. The Morgan fingerprint density at radius 3 is 3.00 bits per heavy atom. The fraction of sp³-hybridized carbons (Fsp3) is 0.917. The molecular weight excluding hydrogens is 220 g/mol. The highest BCUT2D eigenvalue weighted by atomic mass is 16.5. The lowest BCUT2D eigenvalue weighted by Gasteiger charge is -2.41. The van der Waals surface area contributed by atoms with E-state index in [9.17, 15) is 9.90 Å². The van der Waals surface area contributed by atoms with Crippen molar-refractivity contribution < 1.29 is 14.6 Å². The molecule has 2 aliphatic rings. The molecule has 1 saturated heterocycles. The van der Waals surface area contributed by atoms with Gasteiger partial charge in [0.15, 0.2) is 0 Å². The Balaban J connectivity index is 2.04. The highest BCUT2D eigenvalue weighted by Gasteiger charge is 2.41. The maximum absolute atomic E-state index is 11.3. The number of nitrogens with one attached hydrogen (secondary N) is 1. The first-order valence-electron chi connectivity index (χ1n) is 6.35. The lowest BCUT2D eigenvalue weighted by atomic mass is 9.99. The van der Waals surface area contributed by atoms with Gasteiger partial charge in [-0.15, -0.1) is 0 Å². The number of fused-ring (bicyclic) bond motifs is 1. The topological polar surface area (TPSA) is 61.8 Å². The van der Waals surface area contributed by atoms with E-state index in [0.29, 0.717) is 18.7 Å². The van der Waals surface area contributed by atoms with Crippen molar-refractivity contribution in [2.45, 2.75) is 43.9 Å². The fourth-order valence-electron chi connectivity index (χ4n) is 2.86. The molecule has 2 N–H and O–H groups in total. The van der Waals surface area contributed by atoms with Gasteiger partial charge in [-0.05, 0) is 33.2 Å². The van der Waals surface area contributed by atoms with Crippen LogP contribution in [0.5, 0.6) is 0 Å². The standard InChI is InChI=1S/C12H22N2O3/c1-12(13-2,11(15)16)8-14-6-7-17-10-5-3-4-9(10)14/h9-10,13H,3-8H2,1-2H3,(H,15,16). The fourth-order valence-corrected chi connectivity index (χ4v) is 2.86. The lowest BCUT2D eigenvalue weighted by molar-refractivity contribution is -0.146. The van der Waals surface area contributed by atoms with E-state index in [-0.39, 0.29) is 0 Å². The molecule has 1 aliphatic heterocycles. The molecule has 0 spiro atoms. The molecular formula is C12H22N2O3. The quantitative estimate of drug-likeness (QED) is 0.742. The number of hydrogen-bond acceptors (Lipinski definition) is 4. The number of nitrogens with zero attached hydrogens (tertiary/aromatic N) is 1. The highest BCUT2D eigenvalue weighted by Crippen LogP contribution is 2.30. The van der Waals surface area contributed by atoms with Crippen LogP contribution < -0.4 is 5.32 Å². The van der Waals surface area contributed by atoms with Crippen LogP contribution in [-0.4, -0.2) is 60.4 Å². The number of carboxylic acid groups (broad SMARTS) is 1. The van der Waals surface area contributed by atoms with Gasteiger partial charge in [0.1, 0.15) is 5.54 Å². The normalized spacial score (nSPS) is 33.1. The van der Waals surface area contributed by atoms with E-state index < -0.39 is 11.5 Å². The molecule has 0 aromatic carbocycles. The van der Waals surface area contributed by atoms with Crippen LogP contribution in [0, 0.1) is 0 Å². The number of morpholine rings is 1. The van der Waals surface area contributed by atoms with E-state index in [4.69, 9.17) is 4.74 Å². The average molecular weight is 242 g/mol. The molecule has 3 atom stereocenters. The first kappa shape index (κ1) is 12.8. The number of hydrogen-bond donors (Lipinski definition) is 2. The molecule has 2 rings (SSSR count). The molecule has 0 amide bonds. The van der Waals surface area contributed by atoms with Crippen LogP contribution >= 0.6 is 0 Å². The smallest absolute Gasteiger partial charge is 0.324 e. The molecule has 0 aromatic rings. The minimum Gasteiger partial charge on any atom is -0.480 e. The van der Waals surface area contributed by atoms with Gasteiger partial charge < -0.3 is 15.2 Å². The van der Waals surface area contributed by atoms with E-state index >= 15 is 0 Å². The molecule has 5 nitrogen and oxygen atoms in total. The third-order valence-corrected chi connectivity index (χ3v) is 4.14. The van der Waals surface area contributed by atoms with Crippen LogP contribution in [0.15, 0.2) is 0 Å². The summed E-state index contributed by atoms with van der Waals surface area (Å²) in [6.45, 7) is 3.85. The monoisotopic (exact) mass is 242 g/mol. The third kappa shape index (κ3) is 2.46. The summed E-state index contributed by atoms with van der Waals surface area (Å²) >= 11 is 0. The first-order valence-corrected chi connectivity index (χ1v) is 6.35. The first-order chi connectivity index (χ1) is 8.07. The van der Waals surface area contributed by atoms with Crippen LogP contribution in [0.2, 0.25) is 0 Å². The van der Waals surface area contributed by atoms with E-state index in [1.54, 1.807) is 14.0 Å². The second-order valence-electron chi connectivity index (χ2n) is 5.27. The van der Waals surface area contributed by atoms with Crippen LogP contribution in [0.1, 0.15) is 26.2 Å². The van der Waals surface area contributed by atoms with Crippen molar-refractivity contribution in [2.75, 3.05) is 26.7 Å². The van der Waals surface area contributed by atoms with Gasteiger partial charge in [0.2, 0.25) is 0 Å². The molecule has 1 heterocycles. The van der Waals surface area contributed by atoms with E-state index in [0.717, 1.165) is 26.0 Å². The summed E-state index contributed by atoms with van der Waals surface area (Å²) in [6, 6.07) is 0.413. The van der Waals surface area contributed by atoms with Crippen molar-refractivity contribution in [3.63, 3.8) is 0 Å². The SMILES string of the molecule is CNC(C)(CN1CCOC2CCCC21)C(=O)O. The van der Waals surface area contributed by atoms with Crippen molar-refractivity contribution in [1.82, 2.24) is 10.2 Å². The number of carbonyl (C=O) groups is 1. The van der Waals surface area contributed by atoms with Gasteiger partial charge in [-0.25, -0.2) is 0 Å². The molecule has 2 fully saturated rings. The average Bonchev–Trinajstić information content (AvgIpc) is 2.77. The van der Waals surface area contributed by atoms with Gasteiger partial charge in [-0.1, -0.05) is 0 Å². The van der Waals surface area contributed by atoms with Gasteiger partial charge in [-0.2, -0.15) is 0 Å². The van der Waals surface area contributed by atoms with Gasteiger partial charge in [-0.3, -0.25) is 9.69 Å². The lowest BCUT2D eigenvalue weighted by Crippen LogP contribution is -2.60. The summed E-state index contributed by atoms with van der Waals surface area (Å²) < 4.78 is 5.73. The molecule has 0 bridgehead atoms. The van der Waals surface area contributed by atoms with E-state index in [2.05, 4.69) is 10.2 Å². The van der Waals surface area contributed by atoms with Crippen LogP contribution in [-0.2, 0) is 9.53 Å². The largest absolute Gasteiger partial charge is 0.480 e. The Bertz CT molecular complexity index is 297. The van der Waals surface area contributed by atoms with Gasteiger partial charge in [0.25, 0.3) is 0 Å². The van der Waals surface area contributed by atoms with Crippen LogP contribution in [0.3, 0.4) is 0 Å². The molecule has 17 heavy (non-hydrogen) atoms. The van der Waals surface area contributed by atoms with Crippen molar-refractivity contribution in [3.8, 4) is 0 Å². The summed E-state index contributed by atoms with van der Waals surface area (Å²) in [5, 5.41) is 12.2. The third-order valence-electron chi connectivity index (χ3n) is 4.14. The number of ether oxygens (including phenoxy) is 1. The molecule has 5 heteroatoms.